The van der Waals surface area contributed by atoms with Crippen LogP contribution in [-0.2, 0) is 16.1 Å². The van der Waals surface area contributed by atoms with Crippen molar-refractivity contribution in [2.45, 2.75) is 37.9 Å². The molecule has 2 fully saturated rings. The van der Waals surface area contributed by atoms with Crippen molar-refractivity contribution >= 4 is 28.9 Å². The summed E-state index contributed by atoms with van der Waals surface area (Å²) in [6, 6.07) is 22.6. The van der Waals surface area contributed by atoms with E-state index in [2.05, 4.69) is 15.5 Å². The van der Waals surface area contributed by atoms with Gasteiger partial charge in [0.2, 0.25) is 11.6 Å². The number of benzene rings is 3. The van der Waals surface area contributed by atoms with Crippen molar-refractivity contribution in [3.63, 3.8) is 0 Å². The Morgan fingerprint density at radius 2 is 1.68 bits per heavy atom. The van der Waals surface area contributed by atoms with Gasteiger partial charge in [0.25, 0.3) is 11.6 Å². The zero-order valence-electron chi connectivity index (χ0n) is 21.7. The van der Waals surface area contributed by atoms with Crippen molar-refractivity contribution in [2.75, 3.05) is 12.0 Å². The molecule has 1 aromatic heterocycles. The molecule has 1 atom stereocenters. The van der Waals surface area contributed by atoms with Gasteiger partial charge >= 0.3 is 0 Å². The standard InChI is InChI=1S/C29H26N6O5/c1-39-24-15-13-23(14-16-24)35-26(29(38)40-32-35)18-33(21-11-12-21)25-17-27(36)34(28(25)37)22-9-7-20(8-10-22)31-30-19-5-3-2-4-6-19/h2-10,13-16,21,25H,11-12,17-18H2,1H3. The van der Waals surface area contributed by atoms with Crippen LogP contribution in [0.2, 0.25) is 0 Å². The first-order valence-corrected chi connectivity index (χ1v) is 12.9. The first kappa shape index (κ1) is 25.4. The van der Waals surface area contributed by atoms with E-state index >= 15 is 0 Å². The normalized spacial score (nSPS) is 17.4. The van der Waals surface area contributed by atoms with Gasteiger partial charge in [0.1, 0.15) is 5.75 Å². The number of carbonyl (C=O) groups is 2. The van der Waals surface area contributed by atoms with E-state index in [1.54, 1.807) is 55.6 Å². The number of aromatic nitrogens is 2. The summed E-state index contributed by atoms with van der Waals surface area (Å²) in [5.74, 6) is -0.542. The van der Waals surface area contributed by atoms with Crippen LogP contribution in [0.15, 0.2) is 93.6 Å². The predicted molar refractivity (Wildman–Crippen MR) is 141 cm³/mol. The van der Waals surface area contributed by atoms with Gasteiger partial charge in [-0.25, -0.2) is 4.90 Å². The van der Waals surface area contributed by atoms with Crippen molar-refractivity contribution in [3.8, 4) is 17.4 Å². The van der Waals surface area contributed by atoms with Crippen molar-refractivity contribution in [2.24, 2.45) is 10.2 Å². The molecule has 6 rings (SSSR count). The van der Waals surface area contributed by atoms with Crippen molar-refractivity contribution < 1.29 is 28.6 Å². The molecule has 1 unspecified atom stereocenters. The molecule has 0 bridgehead atoms. The Balaban J connectivity index is 1.21. The minimum absolute atomic E-state index is 0.0206. The zero-order valence-corrected chi connectivity index (χ0v) is 21.7. The van der Waals surface area contributed by atoms with E-state index in [9.17, 15) is 14.7 Å². The Labute approximate surface area is 229 Å². The molecule has 40 heavy (non-hydrogen) atoms. The maximum Gasteiger partial charge on any atom is 0.254 e. The third-order valence-electron chi connectivity index (χ3n) is 7.03. The molecule has 1 saturated heterocycles. The summed E-state index contributed by atoms with van der Waals surface area (Å²) in [5, 5.41) is 25.0. The minimum Gasteiger partial charge on any atom is -0.539 e. The van der Waals surface area contributed by atoms with Gasteiger partial charge in [0, 0.05) is 18.2 Å². The van der Waals surface area contributed by atoms with Gasteiger partial charge in [-0.15, -0.1) is 0 Å². The van der Waals surface area contributed by atoms with E-state index in [1.165, 1.54) is 9.58 Å². The molecule has 202 valence electrons. The topological polar surface area (TPSA) is 128 Å². The summed E-state index contributed by atoms with van der Waals surface area (Å²) in [4.78, 5) is 29.8. The molecule has 0 spiro atoms. The van der Waals surface area contributed by atoms with Gasteiger partial charge in [-0.1, -0.05) is 18.2 Å². The summed E-state index contributed by atoms with van der Waals surface area (Å²) in [7, 11) is 1.57. The number of azo groups is 1. The molecule has 11 heteroatoms. The van der Waals surface area contributed by atoms with Crippen LogP contribution in [0.5, 0.6) is 11.7 Å². The molecule has 0 N–H and O–H groups in total. The van der Waals surface area contributed by atoms with Crippen LogP contribution in [0.4, 0.5) is 17.1 Å². The Morgan fingerprint density at radius 3 is 2.33 bits per heavy atom. The predicted octanol–water partition coefficient (Wildman–Crippen LogP) is 3.75. The van der Waals surface area contributed by atoms with E-state index in [0.717, 1.165) is 18.5 Å². The van der Waals surface area contributed by atoms with Crippen LogP contribution in [0, 0.1) is 0 Å². The van der Waals surface area contributed by atoms with E-state index in [4.69, 9.17) is 9.26 Å². The summed E-state index contributed by atoms with van der Waals surface area (Å²) in [6.07, 6.45) is 1.77. The molecule has 2 amide bonds. The van der Waals surface area contributed by atoms with Gasteiger partial charge in [-0.3, -0.25) is 14.5 Å². The number of hydrogen-bond acceptors (Lipinski definition) is 9. The fourth-order valence-corrected chi connectivity index (χ4v) is 4.82. The Morgan fingerprint density at radius 1 is 1.00 bits per heavy atom. The Kier molecular flexibility index (Phi) is 6.79. The third kappa shape index (κ3) is 5.06. The SMILES string of the molecule is COc1ccc(-[n+]2noc([O-])c2CN(C2CC2)C2CC(=O)N(c3ccc(N=Nc4ccccc4)cc3)C2=O)cc1. The number of carbonyl (C=O) groups excluding carboxylic acids is 2. The first-order chi connectivity index (χ1) is 19.5. The van der Waals surface area contributed by atoms with Crippen molar-refractivity contribution in [1.82, 2.24) is 10.2 Å². The summed E-state index contributed by atoms with van der Waals surface area (Å²) < 4.78 is 11.6. The zero-order chi connectivity index (χ0) is 27.6. The highest BCUT2D eigenvalue weighted by atomic mass is 16.6. The van der Waals surface area contributed by atoms with Gasteiger partial charge in [-0.05, 0) is 66.1 Å². The lowest BCUT2D eigenvalue weighted by atomic mass is 10.2. The molecule has 1 aliphatic carbocycles. The maximum absolute atomic E-state index is 13.6. The lowest BCUT2D eigenvalue weighted by Gasteiger charge is -2.25. The number of nitrogens with zero attached hydrogens (tertiary/aromatic N) is 6. The molecule has 0 radical (unpaired) electrons. The number of amides is 2. The van der Waals surface area contributed by atoms with E-state index < -0.39 is 12.0 Å². The van der Waals surface area contributed by atoms with Crippen LogP contribution in [0.25, 0.3) is 5.69 Å². The third-order valence-corrected chi connectivity index (χ3v) is 7.03. The van der Waals surface area contributed by atoms with Crippen LogP contribution >= 0.6 is 0 Å². The molecule has 11 nitrogen and oxygen atoms in total. The average Bonchev–Trinajstić information content (AvgIpc) is 3.71. The fraction of sp³-hybridized carbons (Fsp3) is 0.241. The first-order valence-electron chi connectivity index (χ1n) is 12.9. The van der Waals surface area contributed by atoms with Crippen LogP contribution in [0.3, 0.4) is 0 Å². The molecule has 1 aliphatic heterocycles. The highest BCUT2D eigenvalue weighted by Crippen LogP contribution is 2.36. The Bertz CT molecular complexity index is 1550. The van der Waals surface area contributed by atoms with E-state index in [0.29, 0.717) is 22.8 Å². The second-order valence-corrected chi connectivity index (χ2v) is 9.66. The number of methoxy groups -OCH3 is 1. The van der Waals surface area contributed by atoms with Crippen molar-refractivity contribution in [1.29, 1.82) is 0 Å². The average molecular weight is 539 g/mol. The second-order valence-electron chi connectivity index (χ2n) is 9.66. The van der Waals surface area contributed by atoms with Crippen LogP contribution in [0.1, 0.15) is 25.0 Å². The Hall–Kier alpha value is -4.90. The van der Waals surface area contributed by atoms with Gasteiger partial charge < -0.3 is 14.4 Å². The number of rotatable bonds is 9. The van der Waals surface area contributed by atoms with Gasteiger partial charge in [0.05, 0.1) is 48.5 Å². The number of imide groups is 1. The lowest BCUT2D eigenvalue weighted by Crippen LogP contribution is -2.46. The summed E-state index contributed by atoms with van der Waals surface area (Å²) in [5.41, 5.74) is 2.69. The molecule has 4 aromatic rings. The smallest absolute Gasteiger partial charge is 0.254 e. The maximum atomic E-state index is 13.6. The lowest BCUT2D eigenvalue weighted by molar-refractivity contribution is -0.678. The molecular weight excluding hydrogens is 512 g/mol. The van der Waals surface area contributed by atoms with Crippen LogP contribution < -0.4 is 19.4 Å². The summed E-state index contributed by atoms with van der Waals surface area (Å²) in [6.45, 7) is 0.120. The fourth-order valence-electron chi connectivity index (χ4n) is 4.82. The number of anilines is 1. The highest BCUT2D eigenvalue weighted by molar-refractivity contribution is 6.22. The van der Waals surface area contributed by atoms with Gasteiger partial charge in [-0.2, -0.15) is 10.2 Å². The second kappa shape index (κ2) is 10.7. The highest BCUT2D eigenvalue weighted by Gasteiger charge is 2.48. The van der Waals surface area contributed by atoms with Crippen LogP contribution in [-0.4, -0.2) is 41.2 Å². The largest absolute Gasteiger partial charge is 0.539 e. The molecule has 2 heterocycles. The summed E-state index contributed by atoms with van der Waals surface area (Å²) >= 11 is 0. The monoisotopic (exact) mass is 538 g/mol. The van der Waals surface area contributed by atoms with E-state index in [1.807, 2.05) is 35.2 Å². The molecular formula is C29H26N6O5. The quantitative estimate of drug-likeness (QED) is 0.180. The minimum atomic E-state index is -0.698. The molecule has 3 aromatic carbocycles. The molecule has 1 saturated carbocycles. The van der Waals surface area contributed by atoms with Crippen molar-refractivity contribution in [3.05, 3.63) is 84.6 Å². The number of ether oxygens (including phenoxy) is 1. The van der Waals surface area contributed by atoms with Gasteiger partial charge in [0.15, 0.2) is 5.95 Å². The number of hydrogen-bond donors (Lipinski definition) is 0. The van der Waals surface area contributed by atoms with E-state index in [-0.39, 0.29) is 36.5 Å². The molecule has 2 aliphatic rings.